The van der Waals surface area contributed by atoms with Crippen LogP contribution in [-0.2, 0) is 4.79 Å². The number of carbonyl (C=O) groups excluding carboxylic acids is 1. The molecular formula is C21H17F7N2O. The summed E-state index contributed by atoms with van der Waals surface area (Å²) in [5.41, 5.74) is -0.810. The van der Waals surface area contributed by atoms with E-state index in [0.29, 0.717) is 5.57 Å². The van der Waals surface area contributed by atoms with Crippen molar-refractivity contribution in [2.75, 3.05) is 7.05 Å². The van der Waals surface area contributed by atoms with E-state index in [1.807, 2.05) is 0 Å². The van der Waals surface area contributed by atoms with Crippen molar-refractivity contribution in [1.82, 2.24) is 10.2 Å². The maximum Gasteiger partial charge on any atom is 0.415 e. The topological polar surface area (TPSA) is 32.3 Å². The van der Waals surface area contributed by atoms with Gasteiger partial charge in [-0.1, -0.05) is 24.3 Å². The molecular weight excluding hydrogens is 429 g/mol. The van der Waals surface area contributed by atoms with Gasteiger partial charge in [0.15, 0.2) is 0 Å². The molecule has 1 N–H and O–H groups in total. The largest absolute Gasteiger partial charge is 0.415 e. The van der Waals surface area contributed by atoms with Crippen molar-refractivity contribution in [2.24, 2.45) is 0 Å². The summed E-state index contributed by atoms with van der Waals surface area (Å²) in [6.45, 7) is 0. The minimum absolute atomic E-state index is 0.0943. The van der Waals surface area contributed by atoms with Crippen molar-refractivity contribution in [1.29, 1.82) is 0 Å². The lowest BCUT2D eigenvalue weighted by Crippen LogP contribution is -2.51. The van der Waals surface area contributed by atoms with E-state index in [-0.39, 0.29) is 23.3 Å². The molecule has 3 nitrogen and oxygen atoms in total. The second-order valence-corrected chi connectivity index (χ2v) is 7.83. The van der Waals surface area contributed by atoms with E-state index in [9.17, 15) is 35.5 Å². The van der Waals surface area contributed by atoms with Gasteiger partial charge < -0.3 is 5.32 Å². The predicted molar refractivity (Wildman–Crippen MR) is 97.2 cm³/mol. The van der Waals surface area contributed by atoms with Gasteiger partial charge in [0.05, 0.1) is 24.1 Å². The molecule has 31 heavy (non-hydrogen) atoms. The summed E-state index contributed by atoms with van der Waals surface area (Å²) in [5, 5.41) is 2.28. The highest BCUT2D eigenvalue weighted by Gasteiger charge is 2.53. The van der Waals surface area contributed by atoms with Gasteiger partial charge in [0, 0.05) is 18.0 Å². The Morgan fingerprint density at radius 1 is 1.10 bits per heavy atom. The average molecular weight is 446 g/mol. The van der Waals surface area contributed by atoms with Gasteiger partial charge in [-0.05, 0) is 35.9 Å². The minimum Gasteiger partial charge on any atom is -0.325 e. The predicted octanol–water partition coefficient (Wildman–Crippen LogP) is 4.75. The summed E-state index contributed by atoms with van der Waals surface area (Å²) < 4.78 is 95.4. The maximum absolute atomic E-state index is 14.3. The molecule has 1 aromatic rings. The second kappa shape index (κ2) is 7.22. The smallest absolute Gasteiger partial charge is 0.325 e. The Hall–Kier alpha value is -2.62. The number of hydrogen-bond donors (Lipinski definition) is 1. The van der Waals surface area contributed by atoms with Crippen LogP contribution in [0.4, 0.5) is 30.7 Å². The molecule has 0 spiro atoms. The number of hydrogen-bond acceptors (Lipinski definition) is 2. The van der Waals surface area contributed by atoms with Gasteiger partial charge in [-0.25, -0.2) is 4.39 Å². The zero-order valence-corrected chi connectivity index (χ0v) is 16.1. The monoisotopic (exact) mass is 446 g/mol. The number of fused-ring (bicyclic) bond motifs is 2. The van der Waals surface area contributed by atoms with Crippen LogP contribution in [0, 0.1) is 5.82 Å². The molecule has 4 rings (SSSR count). The quantitative estimate of drug-likeness (QED) is 0.666. The van der Waals surface area contributed by atoms with E-state index in [1.54, 1.807) is 0 Å². The van der Waals surface area contributed by atoms with Gasteiger partial charge in [-0.2, -0.15) is 26.3 Å². The van der Waals surface area contributed by atoms with Crippen molar-refractivity contribution >= 4 is 5.91 Å². The van der Waals surface area contributed by atoms with E-state index in [2.05, 4.69) is 5.32 Å². The van der Waals surface area contributed by atoms with Gasteiger partial charge in [-0.15, -0.1) is 0 Å². The van der Waals surface area contributed by atoms with Crippen LogP contribution in [0.25, 0.3) is 0 Å². The van der Waals surface area contributed by atoms with Crippen molar-refractivity contribution in [3.8, 4) is 0 Å². The Balaban J connectivity index is 1.94. The number of nitrogens with one attached hydrogen (secondary N) is 1. The van der Waals surface area contributed by atoms with Gasteiger partial charge in [0.25, 0.3) is 0 Å². The van der Waals surface area contributed by atoms with E-state index < -0.39 is 54.1 Å². The summed E-state index contributed by atoms with van der Waals surface area (Å²) in [7, 11) is 1.34. The van der Waals surface area contributed by atoms with Gasteiger partial charge >= 0.3 is 12.4 Å². The summed E-state index contributed by atoms with van der Waals surface area (Å²) in [5.74, 6) is -2.72. The number of carbonyl (C=O) groups is 1. The first-order valence-electron chi connectivity index (χ1n) is 9.44. The Morgan fingerprint density at radius 3 is 2.32 bits per heavy atom. The molecule has 166 valence electrons. The number of likely N-dealkylation sites (N-methyl/N-ethyl adjacent to an activating group) is 1. The van der Waals surface area contributed by atoms with E-state index in [0.717, 1.165) is 12.1 Å². The highest BCUT2D eigenvalue weighted by Crippen LogP contribution is 2.52. The number of benzene rings is 1. The normalized spacial score (nSPS) is 26.8. The molecule has 0 saturated carbocycles. The van der Waals surface area contributed by atoms with Crippen LogP contribution < -0.4 is 5.32 Å². The number of allylic oxidation sites excluding steroid dienone is 1. The first kappa shape index (κ1) is 21.6. The molecule has 1 fully saturated rings. The van der Waals surface area contributed by atoms with Gasteiger partial charge in [-0.3, -0.25) is 9.69 Å². The lowest BCUT2D eigenvalue weighted by Gasteiger charge is -2.46. The van der Waals surface area contributed by atoms with Crippen molar-refractivity contribution < 1.29 is 35.5 Å². The van der Waals surface area contributed by atoms with Crippen LogP contribution in [0.15, 0.2) is 58.8 Å². The third-order valence-corrected chi connectivity index (χ3v) is 5.90. The van der Waals surface area contributed by atoms with E-state index >= 15 is 0 Å². The Kier molecular flexibility index (Phi) is 5.03. The second-order valence-electron chi connectivity index (χ2n) is 7.83. The van der Waals surface area contributed by atoms with E-state index in [1.165, 1.54) is 36.2 Å². The SMILES string of the molecule is CN1[C@H](CC(F)(F)F)C=CC2=C3CC(=O)NC3=C(C(F)(F)F)C(c3ccc(F)cc3)[C@H]21. The standard InChI is InChI=1S/C21H17F7N2O/c1-30-12(9-20(23,24)25)6-7-13-14-8-15(31)29-18(14)17(21(26,27)28)16(19(13)30)10-2-4-11(22)5-3-10/h2-7,12,16,19H,8-9H2,1H3,(H,29,31)/t12-,16?,19-/m0/s1. The summed E-state index contributed by atoms with van der Waals surface area (Å²) in [6.07, 6.45) is -8.23. The third kappa shape index (κ3) is 3.88. The first-order chi connectivity index (χ1) is 14.4. The number of amides is 1. The maximum atomic E-state index is 14.3. The van der Waals surface area contributed by atoms with Crippen molar-refractivity contribution in [2.45, 2.75) is 43.2 Å². The highest BCUT2D eigenvalue weighted by atomic mass is 19.4. The zero-order chi connectivity index (χ0) is 22.7. The lowest BCUT2D eigenvalue weighted by molar-refractivity contribution is -0.145. The summed E-state index contributed by atoms with van der Waals surface area (Å²) in [4.78, 5) is 13.3. The lowest BCUT2D eigenvalue weighted by atomic mass is 9.71. The van der Waals surface area contributed by atoms with Crippen LogP contribution in [0.1, 0.15) is 24.3 Å². The molecule has 3 atom stereocenters. The number of alkyl halides is 6. The number of rotatable bonds is 2. The average Bonchev–Trinajstić information content (AvgIpc) is 3.02. The molecule has 2 aliphatic heterocycles. The van der Waals surface area contributed by atoms with Crippen molar-refractivity contribution in [3.63, 3.8) is 0 Å². The van der Waals surface area contributed by atoms with Crippen LogP contribution in [0.2, 0.25) is 0 Å². The molecule has 1 aromatic carbocycles. The van der Waals surface area contributed by atoms with Gasteiger partial charge in [0.2, 0.25) is 5.91 Å². The van der Waals surface area contributed by atoms with E-state index in [4.69, 9.17) is 0 Å². The molecule has 3 aliphatic rings. The minimum atomic E-state index is -4.87. The zero-order valence-electron chi connectivity index (χ0n) is 16.1. The van der Waals surface area contributed by atoms with Crippen LogP contribution in [0.3, 0.4) is 0 Å². The summed E-state index contributed by atoms with van der Waals surface area (Å²) in [6, 6.07) is 2.11. The molecule has 1 amide bonds. The summed E-state index contributed by atoms with van der Waals surface area (Å²) >= 11 is 0. The fourth-order valence-electron chi connectivity index (χ4n) is 4.65. The third-order valence-electron chi connectivity index (χ3n) is 5.90. The fraction of sp³-hybridized carbons (Fsp3) is 0.381. The Labute approximate surface area is 172 Å². The van der Waals surface area contributed by atoms with Gasteiger partial charge in [0.1, 0.15) is 5.82 Å². The highest BCUT2D eigenvalue weighted by molar-refractivity contribution is 5.89. The molecule has 1 saturated heterocycles. The number of halogens is 7. The van der Waals surface area contributed by atoms with Crippen molar-refractivity contribution in [3.05, 3.63) is 70.2 Å². The molecule has 0 aromatic heterocycles. The Bertz CT molecular complexity index is 1000. The molecule has 1 unspecified atom stereocenters. The van der Waals surface area contributed by atoms with Crippen LogP contribution in [-0.4, -0.2) is 42.3 Å². The fourth-order valence-corrected chi connectivity index (χ4v) is 4.65. The molecule has 2 heterocycles. The molecule has 0 radical (unpaired) electrons. The number of nitrogens with zero attached hydrogens (tertiary/aromatic N) is 1. The first-order valence-corrected chi connectivity index (χ1v) is 9.44. The Morgan fingerprint density at radius 2 is 1.74 bits per heavy atom. The molecule has 10 heteroatoms. The van der Waals surface area contributed by atoms with Crippen LogP contribution in [0.5, 0.6) is 0 Å². The van der Waals surface area contributed by atoms with Crippen LogP contribution >= 0.6 is 0 Å². The molecule has 0 bridgehead atoms. The molecule has 1 aliphatic carbocycles.